The number of alkyl halides is 1. The van der Waals surface area contributed by atoms with Crippen LogP contribution in [0.1, 0.15) is 44.9 Å². The number of rotatable bonds is 2. The lowest BCUT2D eigenvalue weighted by atomic mass is 9.49. The van der Waals surface area contributed by atoms with E-state index in [1.807, 2.05) is 0 Å². The zero-order valence-corrected chi connectivity index (χ0v) is 12.4. The van der Waals surface area contributed by atoms with Crippen molar-refractivity contribution in [2.75, 3.05) is 19.0 Å². The summed E-state index contributed by atoms with van der Waals surface area (Å²) in [4.78, 5) is 15.2. The van der Waals surface area contributed by atoms with Crippen molar-refractivity contribution in [2.24, 2.45) is 29.1 Å². The molecule has 0 radical (unpaired) electrons. The maximum Gasteiger partial charge on any atom is 0.228 e. The number of halogens is 1. The van der Waals surface area contributed by atoms with E-state index in [2.05, 4.69) is 4.90 Å². The standard InChI is InChI=1S/C16H24ClNO/c17-9-11-1-2-18(10-11)15(19)16-6-12-3-13(7-16)5-14(4-12)8-16/h11-14H,1-10H2. The van der Waals surface area contributed by atoms with Gasteiger partial charge in [0, 0.05) is 19.0 Å². The van der Waals surface area contributed by atoms with E-state index in [1.165, 1.54) is 38.5 Å². The Morgan fingerprint density at radius 1 is 1.11 bits per heavy atom. The Morgan fingerprint density at radius 2 is 1.68 bits per heavy atom. The molecule has 4 aliphatic carbocycles. The zero-order chi connectivity index (χ0) is 13.0. The van der Waals surface area contributed by atoms with Gasteiger partial charge in [-0.2, -0.15) is 0 Å². The maximum absolute atomic E-state index is 13.0. The molecule has 1 heterocycles. The molecular weight excluding hydrogens is 258 g/mol. The zero-order valence-electron chi connectivity index (χ0n) is 11.6. The van der Waals surface area contributed by atoms with Crippen LogP contribution in [0.2, 0.25) is 0 Å². The van der Waals surface area contributed by atoms with Crippen LogP contribution in [0.15, 0.2) is 0 Å². The molecule has 5 rings (SSSR count). The lowest BCUT2D eigenvalue weighted by molar-refractivity contribution is -0.156. The normalized spacial score (nSPS) is 47.9. The predicted molar refractivity (Wildman–Crippen MR) is 76.0 cm³/mol. The summed E-state index contributed by atoms with van der Waals surface area (Å²) in [6.07, 6.45) is 8.94. The summed E-state index contributed by atoms with van der Waals surface area (Å²) < 4.78 is 0. The van der Waals surface area contributed by atoms with Crippen molar-refractivity contribution in [3.8, 4) is 0 Å². The van der Waals surface area contributed by atoms with Crippen molar-refractivity contribution < 1.29 is 4.79 Å². The highest BCUT2D eigenvalue weighted by atomic mass is 35.5. The smallest absolute Gasteiger partial charge is 0.228 e. The van der Waals surface area contributed by atoms with Gasteiger partial charge in [0.25, 0.3) is 0 Å². The van der Waals surface area contributed by atoms with Gasteiger partial charge in [0.2, 0.25) is 5.91 Å². The van der Waals surface area contributed by atoms with E-state index in [4.69, 9.17) is 11.6 Å². The van der Waals surface area contributed by atoms with Gasteiger partial charge in [0.05, 0.1) is 5.41 Å². The molecule has 2 nitrogen and oxygen atoms in total. The average Bonchev–Trinajstić information content (AvgIpc) is 2.84. The molecule has 1 amide bonds. The summed E-state index contributed by atoms with van der Waals surface area (Å²) in [5.41, 5.74) is 0.0515. The number of carbonyl (C=O) groups excluding carboxylic acids is 1. The molecule has 1 atom stereocenters. The Hall–Kier alpha value is -0.240. The second-order valence-corrected chi connectivity index (χ2v) is 8.07. The van der Waals surface area contributed by atoms with E-state index in [-0.39, 0.29) is 5.41 Å². The number of carbonyl (C=O) groups is 1. The SMILES string of the molecule is O=C(N1CCC(CCl)C1)C12CC3CC(CC(C3)C1)C2. The minimum Gasteiger partial charge on any atom is -0.342 e. The summed E-state index contributed by atoms with van der Waals surface area (Å²) in [5, 5.41) is 0. The highest BCUT2D eigenvalue weighted by molar-refractivity contribution is 6.18. The fraction of sp³-hybridized carbons (Fsp3) is 0.938. The van der Waals surface area contributed by atoms with Crippen LogP contribution in [0.3, 0.4) is 0 Å². The molecule has 1 saturated heterocycles. The average molecular weight is 282 g/mol. The quantitative estimate of drug-likeness (QED) is 0.711. The Kier molecular flexibility index (Phi) is 2.88. The lowest BCUT2D eigenvalue weighted by Crippen LogP contribution is -2.54. The number of amides is 1. The summed E-state index contributed by atoms with van der Waals surface area (Å²) in [5.74, 6) is 4.34. The van der Waals surface area contributed by atoms with E-state index < -0.39 is 0 Å². The van der Waals surface area contributed by atoms with Crippen molar-refractivity contribution >= 4 is 17.5 Å². The monoisotopic (exact) mass is 281 g/mol. The van der Waals surface area contributed by atoms with E-state index in [0.717, 1.165) is 37.3 Å². The fourth-order valence-corrected chi connectivity index (χ4v) is 6.10. The molecule has 0 aromatic rings. The van der Waals surface area contributed by atoms with Gasteiger partial charge in [0.1, 0.15) is 0 Å². The Morgan fingerprint density at radius 3 is 2.16 bits per heavy atom. The summed E-state index contributed by atoms with van der Waals surface area (Å²) >= 11 is 5.96. The van der Waals surface area contributed by atoms with Gasteiger partial charge < -0.3 is 4.90 Å². The molecule has 5 fully saturated rings. The molecule has 1 aliphatic heterocycles. The van der Waals surface area contributed by atoms with Crippen molar-refractivity contribution in [3.63, 3.8) is 0 Å². The van der Waals surface area contributed by atoms with Crippen molar-refractivity contribution in [2.45, 2.75) is 44.9 Å². The topological polar surface area (TPSA) is 20.3 Å². The van der Waals surface area contributed by atoms with Gasteiger partial charge in [-0.15, -0.1) is 11.6 Å². The van der Waals surface area contributed by atoms with Crippen molar-refractivity contribution in [1.82, 2.24) is 4.90 Å². The minimum atomic E-state index is 0.0515. The molecule has 0 spiro atoms. The molecule has 0 aromatic carbocycles. The van der Waals surface area contributed by atoms with Crippen LogP contribution >= 0.6 is 11.6 Å². The van der Waals surface area contributed by atoms with Gasteiger partial charge in [-0.25, -0.2) is 0 Å². The third-order valence-corrected chi connectivity index (χ3v) is 6.72. The number of likely N-dealkylation sites (tertiary alicyclic amines) is 1. The second kappa shape index (κ2) is 4.38. The molecule has 1 unspecified atom stereocenters. The Labute approximate surface area is 120 Å². The molecule has 106 valence electrons. The van der Waals surface area contributed by atoms with Crippen LogP contribution in [0.5, 0.6) is 0 Å². The first kappa shape index (κ1) is 12.5. The van der Waals surface area contributed by atoms with Gasteiger partial charge in [-0.1, -0.05) is 0 Å². The lowest BCUT2D eigenvalue weighted by Gasteiger charge is -2.56. The summed E-state index contributed by atoms with van der Waals surface area (Å²) in [7, 11) is 0. The van der Waals surface area contributed by atoms with Crippen LogP contribution in [0.4, 0.5) is 0 Å². The van der Waals surface area contributed by atoms with Crippen molar-refractivity contribution in [3.05, 3.63) is 0 Å². The first-order valence-corrected chi connectivity index (χ1v) is 8.57. The minimum absolute atomic E-state index is 0.0515. The maximum atomic E-state index is 13.0. The second-order valence-electron chi connectivity index (χ2n) is 7.76. The summed E-state index contributed by atoms with van der Waals surface area (Å²) in [6.45, 7) is 1.88. The molecule has 0 aromatic heterocycles. The van der Waals surface area contributed by atoms with Crippen molar-refractivity contribution in [1.29, 1.82) is 0 Å². The van der Waals surface area contributed by atoms with Gasteiger partial charge >= 0.3 is 0 Å². The highest BCUT2D eigenvalue weighted by Crippen LogP contribution is 2.60. The Bertz CT molecular complexity index is 359. The van der Waals surface area contributed by atoms with Crippen LogP contribution in [0.25, 0.3) is 0 Å². The molecule has 19 heavy (non-hydrogen) atoms. The Balaban J connectivity index is 1.53. The van der Waals surface area contributed by atoms with E-state index in [9.17, 15) is 4.79 Å². The number of hydrogen-bond donors (Lipinski definition) is 0. The molecule has 4 bridgehead atoms. The third-order valence-electron chi connectivity index (χ3n) is 6.28. The van der Waals surface area contributed by atoms with E-state index >= 15 is 0 Å². The van der Waals surface area contributed by atoms with Crippen LogP contribution in [-0.4, -0.2) is 29.8 Å². The highest BCUT2D eigenvalue weighted by Gasteiger charge is 2.55. The third kappa shape index (κ3) is 1.93. The number of nitrogens with zero attached hydrogens (tertiary/aromatic N) is 1. The van der Waals surface area contributed by atoms with E-state index in [0.29, 0.717) is 17.7 Å². The van der Waals surface area contributed by atoms with Gasteiger partial charge in [0.15, 0.2) is 0 Å². The van der Waals surface area contributed by atoms with Crippen LogP contribution in [0, 0.1) is 29.1 Å². The molecule has 5 aliphatic rings. The molecule has 3 heteroatoms. The number of hydrogen-bond acceptors (Lipinski definition) is 1. The van der Waals surface area contributed by atoms with Crippen LogP contribution in [-0.2, 0) is 4.79 Å². The first-order valence-electron chi connectivity index (χ1n) is 8.04. The summed E-state index contributed by atoms with van der Waals surface area (Å²) in [6, 6.07) is 0. The fourth-order valence-electron chi connectivity index (χ4n) is 5.85. The van der Waals surface area contributed by atoms with Gasteiger partial charge in [-0.05, 0) is 68.6 Å². The van der Waals surface area contributed by atoms with Gasteiger partial charge in [-0.3, -0.25) is 4.79 Å². The molecule has 4 saturated carbocycles. The predicted octanol–water partition coefficient (Wildman–Crippen LogP) is 3.29. The first-order chi connectivity index (χ1) is 9.18. The molecular formula is C16H24ClNO. The largest absolute Gasteiger partial charge is 0.342 e. The molecule has 0 N–H and O–H groups in total. The van der Waals surface area contributed by atoms with Crippen LogP contribution < -0.4 is 0 Å². The van der Waals surface area contributed by atoms with E-state index in [1.54, 1.807) is 0 Å².